The van der Waals surface area contributed by atoms with E-state index in [-0.39, 0.29) is 12.5 Å². The monoisotopic (exact) mass is 336 g/mol. The van der Waals surface area contributed by atoms with E-state index in [2.05, 4.69) is 24.0 Å². The zero-order valence-corrected chi connectivity index (χ0v) is 14.8. The van der Waals surface area contributed by atoms with Gasteiger partial charge in [0.15, 0.2) is 0 Å². The molecule has 2 N–H and O–H groups in total. The lowest BCUT2D eigenvalue weighted by Gasteiger charge is -2.01. The highest BCUT2D eigenvalue weighted by Gasteiger charge is 1.96. The van der Waals surface area contributed by atoms with Crippen molar-refractivity contribution in [1.82, 2.24) is 0 Å². The molecule has 0 amide bonds. The summed E-state index contributed by atoms with van der Waals surface area (Å²) in [6, 6.07) is 0. The van der Waals surface area contributed by atoms with Gasteiger partial charge < -0.3 is 5.11 Å². The molecule has 0 aliphatic rings. The van der Waals surface area contributed by atoms with Gasteiger partial charge in [-0.2, -0.15) is 0 Å². The van der Waals surface area contributed by atoms with Gasteiger partial charge in [-0.15, -0.1) is 0 Å². The van der Waals surface area contributed by atoms with Crippen LogP contribution in [0.15, 0.2) is 48.6 Å². The molecule has 0 radical (unpaired) electrons. The summed E-state index contributed by atoms with van der Waals surface area (Å²) in [7, 11) is 0. The molecule has 0 saturated carbocycles. The van der Waals surface area contributed by atoms with E-state index in [0.717, 1.165) is 25.7 Å². The van der Waals surface area contributed by atoms with Crippen LogP contribution in [0.25, 0.3) is 0 Å². The molecule has 4 heteroatoms. The summed E-state index contributed by atoms with van der Waals surface area (Å²) >= 11 is 0. The van der Waals surface area contributed by atoms with E-state index in [4.69, 9.17) is 10.4 Å². The zero-order chi connectivity index (χ0) is 17.9. The maximum Gasteiger partial charge on any atom is 0.303 e. The molecule has 0 aromatic heterocycles. The molecule has 0 aromatic carbocycles. The molecule has 24 heavy (non-hydrogen) atoms. The summed E-state index contributed by atoms with van der Waals surface area (Å²) in [6.45, 7) is 2.18. The normalized spacial score (nSPS) is 13.8. The average molecular weight is 336 g/mol. The van der Waals surface area contributed by atoms with E-state index < -0.39 is 5.97 Å². The van der Waals surface area contributed by atoms with Gasteiger partial charge in [0, 0.05) is 6.42 Å². The van der Waals surface area contributed by atoms with E-state index >= 15 is 0 Å². The van der Waals surface area contributed by atoms with Crippen molar-refractivity contribution in [2.75, 3.05) is 0 Å². The molecule has 1 atom stereocenters. The summed E-state index contributed by atoms with van der Waals surface area (Å²) in [5.74, 6) is -0.740. The van der Waals surface area contributed by atoms with Crippen LogP contribution in [-0.2, 0) is 9.68 Å². The maximum atomic E-state index is 10.3. The van der Waals surface area contributed by atoms with Crippen LogP contribution >= 0.6 is 0 Å². The van der Waals surface area contributed by atoms with Crippen molar-refractivity contribution in [2.24, 2.45) is 0 Å². The number of unbranched alkanes of at least 4 members (excludes halogenated alkanes) is 4. The number of carbonyl (C=O) groups is 1. The van der Waals surface area contributed by atoms with Crippen molar-refractivity contribution in [2.45, 2.75) is 70.8 Å². The first kappa shape index (κ1) is 22.4. The predicted octanol–water partition coefficient (Wildman–Crippen LogP) is 5.68. The molecular weight excluding hydrogens is 304 g/mol. The first-order valence-electron chi connectivity index (χ1n) is 8.86. The van der Waals surface area contributed by atoms with Gasteiger partial charge in [-0.1, -0.05) is 68.4 Å². The Kier molecular flexibility index (Phi) is 16.5. The van der Waals surface area contributed by atoms with Crippen molar-refractivity contribution in [1.29, 1.82) is 0 Å². The molecule has 136 valence electrons. The Morgan fingerprint density at radius 2 is 1.54 bits per heavy atom. The quantitative estimate of drug-likeness (QED) is 0.175. The summed E-state index contributed by atoms with van der Waals surface area (Å²) in [6.07, 6.45) is 23.5. The molecule has 0 rings (SSSR count). The van der Waals surface area contributed by atoms with Crippen molar-refractivity contribution < 1.29 is 20.0 Å². The first-order valence-corrected chi connectivity index (χ1v) is 8.86. The Morgan fingerprint density at radius 3 is 2.21 bits per heavy atom. The largest absolute Gasteiger partial charge is 0.481 e. The van der Waals surface area contributed by atoms with E-state index in [1.165, 1.54) is 19.3 Å². The second-order valence-electron chi connectivity index (χ2n) is 5.62. The smallest absolute Gasteiger partial charge is 0.303 e. The molecule has 1 unspecified atom stereocenters. The van der Waals surface area contributed by atoms with Gasteiger partial charge in [-0.05, 0) is 38.5 Å². The molecule has 0 fully saturated rings. The molecular formula is C20H32O4. The van der Waals surface area contributed by atoms with Crippen LogP contribution in [0.3, 0.4) is 0 Å². The fraction of sp³-hybridized carbons (Fsp3) is 0.550. The van der Waals surface area contributed by atoms with Crippen LogP contribution in [0.4, 0.5) is 0 Å². The number of carboxylic acid groups (broad SMARTS) is 1. The highest BCUT2D eigenvalue weighted by Crippen LogP contribution is 2.03. The second kappa shape index (κ2) is 17.7. The molecule has 0 saturated heterocycles. The Labute approximate surface area is 146 Å². The van der Waals surface area contributed by atoms with Crippen molar-refractivity contribution >= 4 is 5.97 Å². The first-order chi connectivity index (χ1) is 11.7. The van der Waals surface area contributed by atoms with Crippen molar-refractivity contribution in [3.63, 3.8) is 0 Å². The third kappa shape index (κ3) is 16.7. The van der Waals surface area contributed by atoms with Gasteiger partial charge in [-0.25, -0.2) is 4.89 Å². The summed E-state index contributed by atoms with van der Waals surface area (Å²) in [5.41, 5.74) is 0. The molecule has 0 heterocycles. The van der Waals surface area contributed by atoms with Gasteiger partial charge in [0.1, 0.15) is 6.10 Å². The topological polar surface area (TPSA) is 66.8 Å². The molecule has 0 aliphatic heterocycles. The fourth-order valence-electron chi connectivity index (χ4n) is 2.02. The lowest BCUT2D eigenvalue weighted by atomic mass is 10.2. The van der Waals surface area contributed by atoms with E-state index in [1.54, 1.807) is 0 Å². The Balaban J connectivity index is 3.76. The Bertz CT molecular complexity index is 408. The number of carboxylic acids is 1. The molecule has 0 spiro atoms. The van der Waals surface area contributed by atoms with Gasteiger partial charge >= 0.3 is 5.97 Å². The Morgan fingerprint density at radius 1 is 0.917 bits per heavy atom. The van der Waals surface area contributed by atoms with Crippen LogP contribution in [0, 0.1) is 0 Å². The van der Waals surface area contributed by atoms with Crippen LogP contribution in [0.2, 0.25) is 0 Å². The number of hydrogen-bond donors (Lipinski definition) is 2. The highest BCUT2D eigenvalue weighted by atomic mass is 17.1. The Hall–Kier alpha value is -1.65. The van der Waals surface area contributed by atoms with Gasteiger partial charge in [0.05, 0.1) is 0 Å². The summed E-state index contributed by atoms with van der Waals surface area (Å²) < 4.78 is 0. The minimum absolute atomic E-state index is 0.228. The van der Waals surface area contributed by atoms with Crippen LogP contribution in [0.1, 0.15) is 64.7 Å². The highest BCUT2D eigenvalue weighted by molar-refractivity contribution is 5.66. The third-order valence-electron chi connectivity index (χ3n) is 3.39. The molecule has 4 nitrogen and oxygen atoms in total. The van der Waals surface area contributed by atoms with Crippen LogP contribution in [0.5, 0.6) is 0 Å². The average Bonchev–Trinajstić information content (AvgIpc) is 2.57. The predicted molar refractivity (Wildman–Crippen MR) is 98.9 cm³/mol. The van der Waals surface area contributed by atoms with Gasteiger partial charge in [0.2, 0.25) is 0 Å². The summed E-state index contributed by atoms with van der Waals surface area (Å²) in [5, 5.41) is 17.3. The third-order valence-corrected chi connectivity index (χ3v) is 3.39. The number of rotatable bonds is 15. The van der Waals surface area contributed by atoms with E-state index in [1.807, 2.05) is 36.5 Å². The lowest BCUT2D eigenvalue weighted by Crippen LogP contribution is -2.02. The minimum atomic E-state index is -0.740. The van der Waals surface area contributed by atoms with E-state index in [0.29, 0.717) is 6.42 Å². The molecule has 0 aromatic rings. The van der Waals surface area contributed by atoms with Crippen LogP contribution in [-0.4, -0.2) is 22.4 Å². The van der Waals surface area contributed by atoms with Gasteiger partial charge in [-0.3, -0.25) is 10.1 Å². The van der Waals surface area contributed by atoms with Crippen molar-refractivity contribution in [3.8, 4) is 0 Å². The van der Waals surface area contributed by atoms with Crippen LogP contribution < -0.4 is 0 Å². The summed E-state index contributed by atoms with van der Waals surface area (Å²) in [4.78, 5) is 14.7. The maximum absolute atomic E-state index is 10.3. The lowest BCUT2D eigenvalue weighted by molar-refractivity contribution is -0.254. The molecule has 0 aliphatic carbocycles. The van der Waals surface area contributed by atoms with Crippen molar-refractivity contribution in [3.05, 3.63) is 48.6 Å². The number of hydrogen-bond acceptors (Lipinski definition) is 3. The SMILES string of the molecule is CCCCC/C=C\C(/C=C\C/C=C\C/C=C\CCCC(=O)O)OO. The number of allylic oxidation sites excluding steroid dienone is 6. The minimum Gasteiger partial charge on any atom is -0.481 e. The standard InChI is InChI=1S/C20H32O4/c1-2-3-4-10-13-16-19(24-23)17-14-11-8-6-5-7-9-12-15-18-20(21)22/h6-9,13-14,16-17,19,23H,2-5,10-12,15,18H2,1H3,(H,21,22)/b8-6-,9-7-,16-13-,17-14-. The number of aliphatic carboxylic acids is 1. The van der Waals surface area contributed by atoms with E-state index in [9.17, 15) is 4.79 Å². The van der Waals surface area contributed by atoms with Gasteiger partial charge in [0.25, 0.3) is 0 Å². The fourth-order valence-corrected chi connectivity index (χ4v) is 2.02. The second-order valence-corrected chi connectivity index (χ2v) is 5.62. The zero-order valence-electron chi connectivity index (χ0n) is 14.8. The molecule has 0 bridgehead atoms.